The van der Waals surface area contributed by atoms with Crippen molar-refractivity contribution in [3.8, 4) is 17.0 Å². The van der Waals surface area contributed by atoms with E-state index in [2.05, 4.69) is 15.0 Å². The van der Waals surface area contributed by atoms with Crippen molar-refractivity contribution < 1.29 is 14.3 Å². The molecule has 0 atom stereocenters. The van der Waals surface area contributed by atoms with Crippen molar-refractivity contribution in [2.24, 2.45) is 0 Å². The molecule has 0 aliphatic carbocycles. The van der Waals surface area contributed by atoms with Crippen LogP contribution in [0.4, 0.5) is 10.2 Å². The summed E-state index contributed by atoms with van der Waals surface area (Å²) < 4.78 is 14.9. The van der Waals surface area contributed by atoms with Crippen LogP contribution in [0.5, 0.6) is 5.75 Å². The van der Waals surface area contributed by atoms with Crippen molar-refractivity contribution in [2.45, 2.75) is 6.04 Å². The second-order valence-corrected chi connectivity index (χ2v) is 6.63. The molecule has 1 aliphatic heterocycles. The van der Waals surface area contributed by atoms with Crippen molar-refractivity contribution in [2.75, 3.05) is 25.0 Å². The van der Waals surface area contributed by atoms with Gasteiger partial charge in [-0.3, -0.25) is 9.78 Å². The standard InChI is InChI=1S/C20H18FN5O2/c1-25(20(28)14-7-16(27)9-22-8-14)15-10-26(11-15)19-17(21)18(23-12-24-19)13-5-3-2-4-6-13/h2-9,12,15,27H,10-11H2,1H3. The third kappa shape index (κ3) is 3.24. The Balaban J connectivity index is 1.47. The van der Waals surface area contributed by atoms with Crippen LogP contribution in [0.3, 0.4) is 0 Å². The Kier molecular flexibility index (Phi) is 4.60. The van der Waals surface area contributed by atoms with Gasteiger partial charge in [-0.15, -0.1) is 0 Å². The number of benzene rings is 1. The van der Waals surface area contributed by atoms with Gasteiger partial charge in [0.05, 0.1) is 17.8 Å². The molecule has 3 heterocycles. The molecule has 0 spiro atoms. The van der Waals surface area contributed by atoms with Crippen molar-refractivity contribution in [3.05, 3.63) is 66.5 Å². The number of likely N-dealkylation sites (N-methyl/N-ethyl adjacent to an activating group) is 1. The van der Waals surface area contributed by atoms with Crippen LogP contribution in [0.2, 0.25) is 0 Å². The van der Waals surface area contributed by atoms with E-state index in [1.54, 1.807) is 29.0 Å². The topological polar surface area (TPSA) is 82.5 Å². The van der Waals surface area contributed by atoms with Crippen LogP contribution in [0, 0.1) is 5.82 Å². The van der Waals surface area contributed by atoms with E-state index in [0.717, 1.165) is 0 Å². The van der Waals surface area contributed by atoms with Crippen LogP contribution in [-0.4, -0.2) is 57.0 Å². The van der Waals surface area contributed by atoms with Crippen molar-refractivity contribution in [1.29, 1.82) is 0 Å². The van der Waals surface area contributed by atoms with Crippen LogP contribution < -0.4 is 4.90 Å². The van der Waals surface area contributed by atoms with E-state index < -0.39 is 5.82 Å². The zero-order valence-corrected chi connectivity index (χ0v) is 15.2. The van der Waals surface area contributed by atoms with Gasteiger partial charge >= 0.3 is 0 Å². The van der Waals surface area contributed by atoms with Gasteiger partial charge in [0.15, 0.2) is 11.6 Å². The molecule has 7 nitrogen and oxygen atoms in total. The van der Waals surface area contributed by atoms with Gasteiger partial charge in [0.1, 0.15) is 17.8 Å². The van der Waals surface area contributed by atoms with E-state index in [1.807, 2.05) is 18.2 Å². The number of pyridine rings is 1. The average Bonchev–Trinajstić information content (AvgIpc) is 2.68. The second-order valence-electron chi connectivity index (χ2n) is 6.63. The molecule has 0 unspecified atom stereocenters. The molecule has 1 N–H and O–H groups in total. The first-order valence-corrected chi connectivity index (χ1v) is 8.76. The maximum absolute atomic E-state index is 14.9. The first-order chi connectivity index (χ1) is 13.5. The van der Waals surface area contributed by atoms with Crippen molar-refractivity contribution in [1.82, 2.24) is 19.9 Å². The summed E-state index contributed by atoms with van der Waals surface area (Å²) in [7, 11) is 1.68. The average molecular weight is 379 g/mol. The van der Waals surface area contributed by atoms with Crippen LogP contribution in [0.25, 0.3) is 11.3 Å². The molecule has 0 radical (unpaired) electrons. The summed E-state index contributed by atoms with van der Waals surface area (Å²) in [6.07, 6.45) is 4.02. The monoisotopic (exact) mass is 379 g/mol. The van der Waals surface area contributed by atoms with Crippen LogP contribution in [0.15, 0.2) is 55.1 Å². The van der Waals surface area contributed by atoms with Gasteiger partial charge in [0.25, 0.3) is 5.91 Å². The number of nitrogens with zero attached hydrogens (tertiary/aromatic N) is 5. The molecule has 28 heavy (non-hydrogen) atoms. The molecular weight excluding hydrogens is 361 g/mol. The highest BCUT2D eigenvalue weighted by Gasteiger charge is 2.35. The highest BCUT2D eigenvalue weighted by atomic mass is 19.1. The van der Waals surface area contributed by atoms with Gasteiger partial charge in [-0.25, -0.2) is 14.4 Å². The number of aromatic nitrogens is 3. The molecule has 1 saturated heterocycles. The number of carbonyl (C=O) groups excluding carboxylic acids is 1. The lowest BCUT2D eigenvalue weighted by Gasteiger charge is -2.44. The predicted octanol–water partition coefficient (Wildman–Crippen LogP) is 2.34. The Morgan fingerprint density at radius 1 is 1.21 bits per heavy atom. The molecule has 142 valence electrons. The SMILES string of the molecule is CN(C(=O)c1cncc(O)c1)C1CN(c2ncnc(-c3ccccc3)c2F)C1. The van der Waals surface area contributed by atoms with Crippen molar-refractivity contribution in [3.63, 3.8) is 0 Å². The lowest BCUT2D eigenvalue weighted by Crippen LogP contribution is -2.60. The summed E-state index contributed by atoms with van der Waals surface area (Å²) >= 11 is 0. The van der Waals surface area contributed by atoms with E-state index in [4.69, 9.17) is 0 Å². The Labute approximate surface area is 161 Å². The molecule has 1 fully saturated rings. The molecule has 0 bridgehead atoms. The predicted molar refractivity (Wildman–Crippen MR) is 101 cm³/mol. The fraction of sp³-hybridized carbons (Fsp3) is 0.200. The van der Waals surface area contributed by atoms with E-state index in [9.17, 15) is 14.3 Å². The maximum Gasteiger partial charge on any atom is 0.255 e. The molecule has 0 saturated carbocycles. The van der Waals surface area contributed by atoms with E-state index in [1.165, 1.54) is 24.8 Å². The lowest BCUT2D eigenvalue weighted by atomic mass is 10.1. The van der Waals surface area contributed by atoms with Gasteiger partial charge in [-0.2, -0.15) is 0 Å². The van der Waals surface area contributed by atoms with E-state index >= 15 is 0 Å². The maximum atomic E-state index is 14.9. The third-order valence-corrected chi connectivity index (χ3v) is 4.82. The summed E-state index contributed by atoms with van der Waals surface area (Å²) in [5, 5.41) is 9.50. The van der Waals surface area contributed by atoms with Gasteiger partial charge in [0.2, 0.25) is 0 Å². The van der Waals surface area contributed by atoms with Crippen LogP contribution >= 0.6 is 0 Å². The minimum Gasteiger partial charge on any atom is -0.506 e. The minimum atomic E-state index is -0.474. The smallest absolute Gasteiger partial charge is 0.255 e. The highest BCUT2D eigenvalue weighted by molar-refractivity contribution is 5.94. The van der Waals surface area contributed by atoms with Crippen molar-refractivity contribution >= 4 is 11.7 Å². The summed E-state index contributed by atoms with van der Waals surface area (Å²) in [5.74, 6) is -0.560. The molecule has 8 heteroatoms. The quantitative estimate of drug-likeness (QED) is 0.749. The van der Waals surface area contributed by atoms with Gasteiger partial charge in [-0.1, -0.05) is 30.3 Å². The molecule has 4 rings (SSSR count). The number of amides is 1. The molecule has 1 amide bonds. The summed E-state index contributed by atoms with van der Waals surface area (Å²) in [6, 6.07) is 10.4. The number of hydrogen-bond acceptors (Lipinski definition) is 6. The van der Waals surface area contributed by atoms with Gasteiger partial charge < -0.3 is 14.9 Å². The third-order valence-electron chi connectivity index (χ3n) is 4.82. The normalized spacial score (nSPS) is 13.9. The molecule has 3 aromatic rings. The van der Waals surface area contributed by atoms with Gasteiger partial charge in [0, 0.05) is 31.9 Å². The number of rotatable bonds is 4. The summed E-state index contributed by atoms with van der Waals surface area (Å²) in [6.45, 7) is 0.910. The fourth-order valence-corrected chi connectivity index (χ4v) is 3.17. The molecule has 1 aromatic carbocycles. The lowest BCUT2D eigenvalue weighted by molar-refractivity contribution is 0.0704. The number of anilines is 1. The summed E-state index contributed by atoms with van der Waals surface area (Å²) in [4.78, 5) is 27.9. The zero-order chi connectivity index (χ0) is 19.7. The first kappa shape index (κ1) is 17.8. The number of hydrogen-bond donors (Lipinski definition) is 1. The first-order valence-electron chi connectivity index (χ1n) is 8.76. The minimum absolute atomic E-state index is 0.0639. The fourth-order valence-electron chi connectivity index (χ4n) is 3.17. The van der Waals surface area contributed by atoms with Crippen LogP contribution in [-0.2, 0) is 0 Å². The largest absolute Gasteiger partial charge is 0.506 e. The van der Waals surface area contributed by atoms with E-state index in [-0.39, 0.29) is 29.2 Å². The Morgan fingerprint density at radius 3 is 2.68 bits per heavy atom. The Hall–Kier alpha value is -3.55. The molecular formula is C20H18FN5O2. The second kappa shape index (κ2) is 7.22. The Bertz CT molecular complexity index is 1010. The number of halogens is 1. The van der Waals surface area contributed by atoms with Gasteiger partial charge in [-0.05, 0) is 6.07 Å². The number of carbonyl (C=O) groups is 1. The number of aromatic hydroxyl groups is 1. The van der Waals surface area contributed by atoms with E-state index in [0.29, 0.717) is 24.2 Å². The summed E-state index contributed by atoms with van der Waals surface area (Å²) in [5.41, 5.74) is 1.24. The molecule has 2 aromatic heterocycles. The zero-order valence-electron chi connectivity index (χ0n) is 15.2. The Morgan fingerprint density at radius 2 is 1.96 bits per heavy atom. The van der Waals surface area contributed by atoms with Crippen LogP contribution in [0.1, 0.15) is 10.4 Å². The highest BCUT2D eigenvalue weighted by Crippen LogP contribution is 2.29. The molecule has 1 aliphatic rings.